The zero-order valence-corrected chi connectivity index (χ0v) is 15.7. The molecule has 2 atom stereocenters. The summed E-state index contributed by atoms with van der Waals surface area (Å²) in [6.07, 6.45) is 5.33. The average Bonchev–Trinajstić information content (AvgIpc) is 2.67. The third-order valence-corrected chi connectivity index (χ3v) is 5.62. The molecule has 0 bridgehead atoms. The molecule has 1 aliphatic heterocycles. The molecule has 1 saturated heterocycles. The van der Waals surface area contributed by atoms with Crippen LogP contribution in [0.4, 0.5) is 0 Å². The molecule has 3 rings (SSSR count). The van der Waals surface area contributed by atoms with Gasteiger partial charge in [0.25, 0.3) is 5.91 Å². The number of rotatable bonds is 4. The van der Waals surface area contributed by atoms with E-state index >= 15 is 0 Å². The van der Waals surface area contributed by atoms with Crippen LogP contribution in [0.15, 0.2) is 18.2 Å². The van der Waals surface area contributed by atoms with E-state index in [4.69, 9.17) is 9.47 Å². The molecule has 1 heterocycles. The van der Waals surface area contributed by atoms with E-state index in [1.54, 1.807) is 32.4 Å². The van der Waals surface area contributed by atoms with Crippen molar-refractivity contribution in [2.75, 3.05) is 40.4 Å². The maximum Gasteiger partial charge on any atom is 0.254 e. The monoisotopic (exact) mass is 346 g/mol. The largest absolute Gasteiger partial charge is 0.497 e. The van der Waals surface area contributed by atoms with E-state index in [9.17, 15) is 4.79 Å². The second-order valence-electron chi connectivity index (χ2n) is 7.36. The zero-order chi connectivity index (χ0) is 17.8. The Morgan fingerprint density at radius 3 is 2.20 bits per heavy atom. The van der Waals surface area contributed by atoms with Gasteiger partial charge in [-0.25, -0.2) is 0 Å². The molecule has 25 heavy (non-hydrogen) atoms. The van der Waals surface area contributed by atoms with Gasteiger partial charge in [-0.05, 0) is 30.9 Å². The van der Waals surface area contributed by atoms with Gasteiger partial charge in [-0.2, -0.15) is 0 Å². The quantitative estimate of drug-likeness (QED) is 0.840. The minimum absolute atomic E-state index is 0.0638. The molecule has 2 fully saturated rings. The van der Waals surface area contributed by atoms with Gasteiger partial charge >= 0.3 is 0 Å². The van der Waals surface area contributed by atoms with Crippen molar-refractivity contribution in [1.82, 2.24) is 9.80 Å². The molecular formula is C20H30N2O3. The van der Waals surface area contributed by atoms with Crippen LogP contribution >= 0.6 is 0 Å². The van der Waals surface area contributed by atoms with Gasteiger partial charge in [0.15, 0.2) is 0 Å². The first-order valence-corrected chi connectivity index (χ1v) is 9.37. The smallest absolute Gasteiger partial charge is 0.254 e. The fourth-order valence-electron chi connectivity index (χ4n) is 4.14. The Bertz CT molecular complexity index is 574. The lowest BCUT2D eigenvalue weighted by molar-refractivity contribution is 0.0488. The second kappa shape index (κ2) is 8.09. The molecule has 0 unspecified atom stereocenters. The van der Waals surface area contributed by atoms with Crippen LogP contribution in [0.5, 0.6) is 11.5 Å². The number of ether oxygens (including phenoxy) is 2. The summed E-state index contributed by atoms with van der Waals surface area (Å²) in [6, 6.07) is 6.08. The van der Waals surface area contributed by atoms with Gasteiger partial charge in [-0.3, -0.25) is 9.69 Å². The first kappa shape index (κ1) is 18.1. The number of benzene rings is 1. The van der Waals surface area contributed by atoms with Gasteiger partial charge in [0.05, 0.1) is 14.2 Å². The van der Waals surface area contributed by atoms with Crippen molar-refractivity contribution in [2.45, 2.75) is 38.6 Å². The summed E-state index contributed by atoms with van der Waals surface area (Å²) in [5.41, 5.74) is 0.635. The average molecular weight is 346 g/mol. The van der Waals surface area contributed by atoms with Crippen molar-refractivity contribution in [3.05, 3.63) is 23.8 Å². The van der Waals surface area contributed by atoms with Crippen LogP contribution in [-0.4, -0.2) is 62.1 Å². The van der Waals surface area contributed by atoms with Crippen molar-refractivity contribution in [1.29, 1.82) is 0 Å². The summed E-state index contributed by atoms with van der Waals surface area (Å²) in [5.74, 6) is 2.20. The van der Waals surface area contributed by atoms with Gasteiger partial charge in [-0.1, -0.05) is 19.8 Å². The molecule has 1 aromatic carbocycles. The van der Waals surface area contributed by atoms with Crippen molar-refractivity contribution < 1.29 is 14.3 Å². The summed E-state index contributed by atoms with van der Waals surface area (Å²) < 4.78 is 10.6. The molecule has 0 spiro atoms. The van der Waals surface area contributed by atoms with E-state index in [0.717, 1.165) is 32.1 Å². The summed E-state index contributed by atoms with van der Waals surface area (Å²) in [6.45, 7) is 5.91. The fourth-order valence-corrected chi connectivity index (χ4v) is 4.14. The van der Waals surface area contributed by atoms with Crippen LogP contribution in [0.3, 0.4) is 0 Å². The van der Waals surface area contributed by atoms with E-state index in [1.807, 2.05) is 4.90 Å². The van der Waals surface area contributed by atoms with Crippen LogP contribution < -0.4 is 9.47 Å². The third kappa shape index (κ3) is 4.27. The van der Waals surface area contributed by atoms with E-state index in [2.05, 4.69) is 11.8 Å². The Morgan fingerprint density at radius 1 is 1.00 bits per heavy atom. The minimum Gasteiger partial charge on any atom is -0.497 e. The number of methoxy groups -OCH3 is 2. The standard InChI is InChI=1S/C20H30N2O3/c1-15-5-4-6-17(11-15)21-7-9-22(10-8-21)20(23)16-12-18(24-2)14-19(13-16)25-3/h12-15,17H,4-11H2,1-3H3/t15-,17-/m0/s1. The van der Waals surface area contributed by atoms with Crippen LogP contribution in [0.1, 0.15) is 43.0 Å². The molecule has 1 aromatic rings. The van der Waals surface area contributed by atoms with Gasteiger partial charge in [0.1, 0.15) is 11.5 Å². The fraction of sp³-hybridized carbons (Fsp3) is 0.650. The number of piperazine rings is 1. The highest BCUT2D eigenvalue weighted by Crippen LogP contribution is 2.28. The molecule has 1 amide bonds. The molecule has 5 nitrogen and oxygen atoms in total. The van der Waals surface area contributed by atoms with Crippen LogP contribution in [0.2, 0.25) is 0 Å². The third-order valence-electron chi connectivity index (χ3n) is 5.62. The minimum atomic E-state index is 0.0638. The van der Waals surface area contributed by atoms with Crippen molar-refractivity contribution in [3.63, 3.8) is 0 Å². The van der Waals surface area contributed by atoms with Gasteiger partial charge in [-0.15, -0.1) is 0 Å². The predicted molar refractivity (Wildman–Crippen MR) is 98.4 cm³/mol. The van der Waals surface area contributed by atoms with Crippen LogP contribution in [-0.2, 0) is 0 Å². The lowest BCUT2D eigenvalue weighted by Crippen LogP contribution is -2.52. The van der Waals surface area contributed by atoms with Gasteiger partial charge in [0.2, 0.25) is 0 Å². The maximum absolute atomic E-state index is 12.9. The number of carbonyl (C=O) groups is 1. The summed E-state index contributed by atoms with van der Waals surface area (Å²) in [4.78, 5) is 17.4. The Morgan fingerprint density at radius 2 is 1.64 bits per heavy atom. The molecule has 0 N–H and O–H groups in total. The molecule has 2 aliphatic rings. The number of nitrogens with zero attached hydrogens (tertiary/aromatic N) is 2. The Kier molecular flexibility index (Phi) is 5.84. The number of carbonyl (C=O) groups excluding carboxylic acids is 1. The number of amides is 1. The molecule has 0 radical (unpaired) electrons. The van der Waals surface area contributed by atoms with Crippen molar-refractivity contribution in [3.8, 4) is 11.5 Å². The SMILES string of the molecule is COc1cc(OC)cc(C(=O)N2CCN([C@H]3CCC[C@H](C)C3)CC2)c1. The highest BCUT2D eigenvalue weighted by Gasteiger charge is 2.29. The summed E-state index contributed by atoms with van der Waals surface area (Å²) in [5, 5.41) is 0. The Balaban J connectivity index is 1.61. The Hall–Kier alpha value is -1.75. The predicted octanol–water partition coefficient (Wildman–Crippen LogP) is 3.04. The molecule has 5 heteroatoms. The maximum atomic E-state index is 12.9. The van der Waals surface area contributed by atoms with Gasteiger partial charge < -0.3 is 14.4 Å². The lowest BCUT2D eigenvalue weighted by Gasteiger charge is -2.42. The highest BCUT2D eigenvalue weighted by atomic mass is 16.5. The molecule has 0 aromatic heterocycles. The number of hydrogen-bond acceptors (Lipinski definition) is 4. The van der Waals surface area contributed by atoms with Crippen molar-refractivity contribution in [2.24, 2.45) is 5.92 Å². The van der Waals surface area contributed by atoms with Gasteiger partial charge in [0, 0.05) is 43.9 Å². The lowest BCUT2D eigenvalue weighted by atomic mass is 9.86. The first-order chi connectivity index (χ1) is 12.1. The molecule has 1 aliphatic carbocycles. The second-order valence-corrected chi connectivity index (χ2v) is 7.36. The summed E-state index contributed by atoms with van der Waals surface area (Å²) >= 11 is 0. The zero-order valence-electron chi connectivity index (χ0n) is 15.7. The molecular weight excluding hydrogens is 316 g/mol. The van der Waals surface area contributed by atoms with E-state index in [0.29, 0.717) is 23.1 Å². The topological polar surface area (TPSA) is 42.0 Å². The summed E-state index contributed by atoms with van der Waals surface area (Å²) in [7, 11) is 3.21. The van der Waals surface area contributed by atoms with E-state index in [-0.39, 0.29) is 5.91 Å². The normalized spacial score (nSPS) is 24.8. The highest BCUT2D eigenvalue weighted by molar-refractivity contribution is 5.95. The molecule has 138 valence electrons. The van der Waals surface area contributed by atoms with Crippen molar-refractivity contribution >= 4 is 5.91 Å². The number of hydrogen-bond donors (Lipinski definition) is 0. The van der Waals surface area contributed by atoms with Crippen LogP contribution in [0.25, 0.3) is 0 Å². The molecule has 1 saturated carbocycles. The Labute approximate surface area is 150 Å². The van der Waals surface area contributed by atoms with E-state index < -0.39 is 0 Å². The first-order valence-electron chi connectivity index (χ1n) is 9.37. The van der Waals surface area contributed by atoms with E-state index in [1.165, 1.54) is 25.7 Å². The van der Waals surface area contributed by atoms with Crippen LogP contribution in [0, 0.1) is 5.92 Å².